The Kier molecular flexibility index (Phi) is 4.82. The van der Waals surface area contributed by atoms with Gasteiger partial charge in [-0.05, 0) is 31.5 Å². The summed E-state index contributed by atoms with van der Waals surface area (Å²) in [5.74, 6) is 0. The maximum atomic E-state index is 12.8. The van der Waals surface area contributed by atoms with E-state index in [0.717, 1.165) is 21.3 Å². The molecule has 6 nitrogen and oxygen atoms in total. The first-order chi connectivity index (χ1) is 10.9. The van der Waals surface area contributed by atoms with E-state index in [9.17, 15) is 31.5 Å². The quantitative estimate of drug-likeness (QED) is 0.785. The van der Waals surface area contributed by atoms with Gasteiger partial charge in [-0.15, -0.1) is 0 Å². The molecular weight excluding hydrogens is 349 g/mol. The third-order valence-electron chi connectivity index (χ3n) is 3.96. The van der Waals surface area contributed by atoms with Crippen molar-refractivity contribution in [1.29, 1.82) is 0 Å². The number of hydrogen-bond acceptors (Lipinski definition) is 4. The molecule has 1 amide bonds. The molecule has 1 unspecified atom stereocenters. The summed E-state index contributed by atoms with van der Waals surface area (Å²) in [7, 11) is -4.16. The lowest BCUT2D eigenvalue weighted by atomic mass is 10.1. The van der Waals surface area contributed by atoms with Crippen LogP contribution in [0.1, 0.15) is 18.1 Å². The van der Waals surface area contributed by atoms with Crippen LogP contribution in [0.5, 0.6) is 0 Å². The maximum Gasteiger partial charge on any atom is 0.416 e. The van der Waals surface area contributed by atoms with E-state index in [-0.39, 0.29) is 25.2 Å². The number of sulfonamides is 1. The molecular formula is C14H16F3N2O4S-. The summed E-state index contributed by atoms with van der Waals surface area (Å²) in [6.45, 7) is 2.54. The van der Waals surface area contributed by atoms with Crippen molar-refractivity contribution in [3.63, 3.8) is 0 Å². The summed E-state index contributed by atoms with van der Waals surface area (Å²) in [4.78, 5) is 11.5. The molecule has 2 rings (SSSR count). The molecule has 134 valence electrons. The fourth-order valence-corrected chi connectivity index (χ4v) is 4.37. The highest BCUT2D eigenvalue weighted by molar-refractivity contribution is 7.89. The molecule has 10 heteroatoms. The topological polar surface area (TPSA) is 80.8 Å². The zero-order valence-corrected chi connectivity index (χ0v) is 13.8. The second-order valence-corrected chi connectivity index (χ2v) is 7.56. The fourth-order valence-electron chi connectivity index (χ4n) is 2.61. The summed E-state index contributed by atoms with van der Waals surface area (Å²) in [6.07, 6.45) is -6.06. The second kappa shape index (κ2) is 6.25. The molecule has 1 aromatic rings. The fraction of sp³-hybridized carbons (Fsp3) is 0.500. The predicted molar refractivity (Wildman–Crippen MR) is 76.5 cm³/mol. The zero-order chi connectivity index (χ0) is 18.3. The van der Waals surface area contributed by atoms with Gasteiger partial charge in [-0.25, -0.2) is 8.42 Å². The third-order valence-corrected chi connectivity index (χ3v) is 5.97. The lowest BCUT2D eigenvalue weighted by Gasteiger charge is -2.40. The van der Waals surface area contributed by atoms with Gasteiger partial charge in [-0.3, -0.25) is 0 Å². The molecule has 0 saturated carbocycles. The van der Waals surface area contributed by atoms with Gasteiger partial charge in [0.25, 0.3) is 0 Å². The van der Waals surface area contributed by atoms with Crippen LogP contribution in [0, 0.1) is 6.92 Å². The van der Waals surface area contributed by atoms with Crippen LogP contribution in [0.2, 0.25) is 0 Å². The van der Waals surface area contributed by atoms with Crippen molar-refractivity contribution in [1.82, 2.24) is 9.21 Å². The van der Waals surface area contributed by atoms with Crippen molar-refractivity contribution in [2.45, 2.75) is 31.0 Å². The number of carboxylic acid groups (broad SMARTS) is 1. The Morgan fingerprint density at radius 2 is 1.92 bits per heavy atom. The number of hydrogen-bond donors (Lipinski definition) is 0. The van der Waals surface area contributed by atoms with Gasteiger partial charge < -0.3 is 14.8 Å². The van der Waals surface area contributed by atoms with E-state index in [1.807, 2.05) is 0 Å². The predicted octanol–water partition coefficient (Wildman–Crippen LogP) is 1.05. The molecule has 1 heterocycles. The van der Waals surface area contributed by atoms with Gasteiger partial charge in [0.2, 0.25) is 10.0 Å². The molecule has 0 spiro atoms. The number of halogens is 3. The largest absolute Gasteiger partial charge is 0.530 e. The standard InChI is InChI=1S/C14H17F3N2O4S/c1-9-3-4-11(14(15,16)17)7-12(9)24(22,23)18-5-6-19(13(20)21)10(2)8-18/h3-4,7,10H,5-6,8H2,1-2H3,(H,20,21)/p-1. The number of carbonyl (C=O) groups excluding carboxylic acids is 1. The van der Waals surface area contributed by atoms with Crippen molar-refractivity contribution in [3.05, 3.63) is 29.3 Å². The van der Waals surface area contributed by atoms with Gasteiger partial charge in [-0.2, -0.15) is 17.5 Å². The molecule has 0 bridgehead atoms. The van der Waals surface area contributed by atoms with Crippen molar-refractivity contribution >= 4 is 16.1 Å². The van der Waals surface area contributed by atoms with E-state index in [2.05, 4.69) is 0 Å². The molecule has 0 aromatic heterocycles. The first kappa shape index (κ1) is 18.5. The molecule has 0 aliphatic carbocycles. The first-order valence-corrected chi connectivity index (χ1v) is 8.54. The first-order valence-electron chi connectivity index (χ1n) is 7.10. The number of piperazine rings is 1. The molecule has 0 N–H and O–H groups in total. The molecule has 24 heavy (non-hydrogen) atoms. The van der Waals surface area contributed by atoms with Gasteiger partial charge in [0.15, 0.2) is 0 Å². The molecule has 1 atom stereocenters. The summed E-state index contributed by atoms with van der Waals surface area (Å²) in [5.41, 5.74) is -0.855. The number of rotatable bonds is 2. The third kappa shape index (κ3) is 3.48. The van der Waals surface area contributed by atoms with Gasteiger partial charge >= 0.3 is 6.18 Å². The Labute approximate surface area is 137 Å². The average Bonchev–Trinajstić information content (AvgIpc) is 2.45. The molecule has 1 aliphatic heterocycles. The van der Waals surface area contributed by atoms with Crippen LogP contribution in [-0.2, 0) is 16.2 Å². The Morgan fingerprint density at radius 3 is 2.42 bits per heavy atom. The van der Waals surface area contributed by atoms with Gasteiger partial charge in [-0.1, -0.05) is 6.07 Å². The summed E-state index contributed by atoms with van der Waals surface area (Å²) in [6, 6.07) is 1.90. The van der Waals surface area contributed by atoms with Crippen LogP contribution in [-0.4, -0.2) is 49.4 Å². The minimum Gasteiger partial charge on any atom is -0.530 e. The Balaban J connectivity index is 2.36. The SMILES string of the molecule is Cc1ccc(C(F)(F)F)cc1S(=O)(=O)N1CCN(C(=O)[O-])C(C)C1. The molecule has 1 aliphatic rings. The van der Waals surface area contributed by atoms with Gasteiger partial charge in [0, 0.05) is 25.7 Å². The number of amides is 1. The lowest BCUT2D eigenvalue weighted by Crippen LogP contribution is -2.58. The maximum absolute atomic E-state index is 12.8. The Morgan fingerprint density at radius 1 is 1.29 bits per heavy atom. The van der Waals surface area contributed by atoms with Crippen LogP contribution >= 0.6 is 0 Å². The molecule has 1 fully saturated rings. The molecule has 1 aromatic carbocycles. The van der Waals surface area contributed by atoms with Crippen molar-refractivity contribution in [2.75, 3.05) is 19.6 Å². The summed E-state index contributed by atoms with van der Waals surface area (Å²) < 4.78 is 64.9. The van der Waals surface area contributed by atoms with Crippen LogP contribution < -0.4 is 5.11 Å². The minimum absolute atomic E-state index is 0.0965. The highest BCUT2D eigenvalue weighted by atomic mass is 32.2. The molecule has 1 saturated heterocycles. The van der Waals surface area contributed by atoms with Crippen molar-refractivity contribution in [3.8, 4) is 0 Å². The number of aryl methyl sites for hydroxylation is 1. The van der Waals surface area contributed by atoms with Crippen LogP contribution in [0.3, 0.4) is 0 Å². The molecule has 0 radical (unpaired) electrons. The smallest absolute Gasteiger partial charge is 0.416 e. The van der Waals surface area contributed by atoms with E-state index in [1.54, 1.807) is 0 Å². The van der Waals surface area contributed by atoms with Crippen molar-refractivity contribution < 1.29 is 31.5 Å². The van der Waals surface area contributed by atoms with Crippen LogP contribution in [0.4, 0.5) is 18.0 Å². The number of alkyl halides is 3. The average molecular weight is 365 g/mol. The van der Waals surface area contributed by atoms with Gasteiger partial charge in [0.05, 0.1) is 10.5 Å². The van der Waals surface area contributed by atoms with E-state index >= 15 is 0 Å². The minimum atomic E-state index is -4.65. The second-order valence-electron chi connectivity index (χ2n) is 5.65. The monoisotopic (exact) mass is 365 g/mol. The van der Waals surface area contributed by atoms with Crippen molar-refractivity contribution in [2.24, 2.45) is 0 Å². The van der Waals surface area contributed by atoms with E-state index in [1.165, 1.54) is 13.8 Å². The lowest BCUT2D eigenvalue weighted by molar-refractivity contribution is -0.269. The highest BCUT2D eigenvalue weighted by Gasteiger charge is 2.36. The number of benzene rings is 1. The van der Waals surface area contributed by atoms with Crippen LogP contribution in [0.15, 0.2) is 23.1 Å². The summed E-state index contributed by atoms with van der Waals surface area (Å²) in [5, 5.41) is 10.9. The van der Waals surface area contributed by atoms with Gasteiger partial charge in [0.1, 0.15) is 6.09 Å². The number of nitrogens with zero attached hydrogens (tertiary/aromatic N) is 2. The Bertz CT molecular complexity index is 749. The Hall–Kier alpha value is -1.81. The normalized spacial score (nSPS) is 20.2. The van der Waals surface area contributed by atoms with E-state index in [0.29, 0.717) is 6.07 Å². The van der Waals surface area contributed by atoms with Crippen LogP contribution in [0.25, 0.3) is 0 Å². The summed E-state index contributed by atoms with van der Waals surface area (Å²) >= 11 is 0. The van der Waals surface area contributed by atoms with E-state index in [4.69, 9.17) is 0 Å². The number of carbonyl (C=O) groups is 1. The van der Waals surface area contributed by atoms with E-state index < -0.39 is 38.8 Å². The zero-order valence-electron chi connectivity index (χ0n) is 13.0. The highest BCUT2D eigenvalue weighted by Crippen LogP contribution is 2.33.